The Labute approximate surface area is 103 Å². The van der Waals surface area contributed by atoms with Crippen LogP contribution in [0.1, 0.15) is 49.4 Å². The summed E-state index contributed by atoms with van der Waals surface area (Å²) >= 11 is 6.10. The minimum Gasteiger partial charge on any atom is -0.293 e. The number of halogens is 1. The molecule has 0 bridgehead atoms. The van der Waals surface area contributed by atoms with E-state index in [1.54, 1.807) is 0 Å². The fourth-order valence-electron chi connectivity index (χ4n) is 1.66. The van der Waals surface area contributed by atoms with Crippen LogP contribution in [0.4, 0.5) is 0 Å². The molecular weight excluding hydrogens is 220 g/mol. The molecule has 0 aliphatic carbocycles. The minimum absolute atomic E-state index is 0.0544. The predicted octanol–water partition coefficient (Wildman–Crippen LogP) is 4.45. The SMILES string of the molecule is CCCCCCC(Cl)C(=O)c1ccccc1. The van der Waals surface area contributed by atoms with Crippen molar-refractivity contribution in [1.29, 1.82) is 0 Å². The van der Waals surface area contributed by atoms with Gasteiger partial charge >= 0.3 is 0 Å². The predicted molar refractivity (Wildman–Crippen MR) is 69.2 cm³/mol. The zero-order valence-electron chi connectivity index (χ0n) is 9.79. The first-order valence-electron chi connectivity index (χ1n) is 5.99. The first-order valence-corrected chi connectivity index (χ1v) is 6.42. The summed E-state index contributed by atoms with van der Waals surface area (Å²) in [6, 6.07) is 9.29. The molecule has 0 aliphatic rings. The van der Waals surface area contributed by atoms with Crippen molar-refractivity contribution in [2.75, 3.05) is 0 Å². The van der Waals surface area contributed by atoms with Gasteiger partial charge in [0.15, 0.2) is 5.78 Å². The molecule has 0 saturated carbocycles. The van der Waals surface area contributed by atoms with Gasteiger partial charge in [-0.2, -0.15) is 0 Å². The van der Waals surface area contributed by atoms with Crippen molar-refractivity contribution in [1.82, 2.24) is 0 Å². The Morgan fingerprint density at radius 3 is 2.50 bits per heavy atom. The molecule has 0 fully saturated rings. The highest BCUT2D eigenvalue weighted by molar-refractivity contribution is 6.33. The topological polar surface area (TPSA) is 17.1 Å². The van der Waals surface area contributed by atoms with Crippen molar-refractivity contribution in [2.45, 2.75) is 44.4 Å². The average molecular weight is 239 g/mol. The first kappa shape index (κ1) is 13.2. The van der Waals surface area contributed by atoms with Crippen LogP contribution in [-0.4, -0.2) is 11.2 Å². The van der Waals surface area contributed by atoms with Gasteiger partial charge in [0.1, 0.15) is 0 Å². The molecule has 0 heterocycles. The molecule has 0 radical (unpaired) electrons. The lowest BCUT2D eigenvalue weighted by Gasteiger charge is -2.08. The number of hydrogen-bond acceptors (Lipinski definition) is 1. The zero-order chi connectivity index (χ0) is 11.8. The van der Waals surface area contributed by atoms with Gasteiger partial charge in [0.25, 0.3) is 0 Å². The van der Waals surface area contributed by atoms with Crippen LogP contribution in [0.25, 0.3) is 0 Å². The number of rotatable bonds is 7. The summed E-state index contributed by atoms with van der Waals surface area (Å²) < 4.78 is 0. The molecule has 0 saturated heterocycles. The Bertz CT molecular complexity index is 308. The van der Waals surface area contributed by atoms with Gasteiger partial charge in [-0.05, 0) is 6.42 Å². The van der Waals surface area contributed by atoms with Gasteiger partial charge in [0.2, 0.25) is 0 Å². The highest BCUT2D eigenvalue weighted by Crippen LogP contribution is 2.15. The molecule has 16 heavy (non-hydrogen) atoms. The van der Waals surface area contributed by atoms with Crippen LogP contribution in [0.5, 0.6) is 0 Å². The molecule has 0 aliphatic heterocycles. The third-order valence-corrected chi connectivity index (χ3v) is 3.07. The van der Waals surface area contributed by atoms with Gasteiger partial charge in [-0.15, -0.1) is 11.6 Å². The maximum absolute atomic E-state index is 11.9. The number of Topliss-reactive ketones (excluding diaryl/α,β-unsaturated/α-hetero) is 1. The van der Waals surface area contributed by atoms with E-state index in [1.165, 1.54) is 19.3 Å². The van der Waals surface area contributed by atoms with Crippen molar-refractivity contribution in [3.05, 3.63) is 35.9 Å². The van der Waals surface area contributed by atoms with Crippen LogP contribution in [0.3, 0.4) is 0 Å². The molecule has 1 aromatic rings. The molecule has 1 atom stereocenters. The molecule has 0 N–H and O–H groups in total. The van der Waals surface area contributed by atoms with Crippen LogP contribution >= 0.6 is 11.6 Å². The lowest BCUT2D eigenvalue weighted by atomic mass is 10.0. The quantitative estimate of drug-likeness (QED) is 0.390. The third-order valence-electron chi connectivity index (χ3n) is 2.65. The van der Waals surface area contributed by atoms with Crippen molar-refractivity contribution in [3.63, 3.8) is 0 Å². The van der Waals surface area contributed by atoms with Gasteiger partial charge in [0, 0.05) is 5.56 Å². The van der Waals surface area contributed by atoms with Crippen molar-refractivity contribution in [3.8, 4) is 0 Å². The van der Waals surface area contributed by atoms with Crippen LogP contribution in [0, 0.1) is 0 Å². The second-order valence-corrected chi connectivity index (χ2v) is 4.57. The molecular formula is C14H19ClO. The molecule has 0 spiro atoms. The summed E-state index contributed by atoms with van der Waals surface area (Å²) in [5, 5.41) is -0.362. The van der Waals surface area contributed by atoms with E-state index in [2.05, 4.69) is 6.92 Å². The number of hydrogen-bond donors (Lipinski definition) is 0. The highest BCUT2D eigenvalue weighted by Gasteiger charge is 2.16. The lowest BCUT2D eigenvalue weighted by molar-refractivity contribution is 0.0983. The summed E-state index contributed by atoms with van der Waals surface area (Å²) in [5.74, 6) is 0.0544. The third kappa shape index (κ3) is 4.36. The van der Waals surface area contributed by atoms with Gasteiger partial charge in [0.05, 0.1) is 5.38 Å². The molecule has 88 valence electrons. The van der Waals surface area contributed by atoms with Crippen molar-refractivity contribution < 1.29 is 4.79 Å². The second-order valence-electron chi connectivity index (χ2n) is 4.05. The molecule has 1 aromatic carbocycles. The average Bonchev–Trinajstić information content (AvgIpc) is 2.34. The first-order chi connectivity index (χ1) is 7.75. The van der Waals surface area contributed by atoms with Crippen molar-refractivity contribution in [2.24, 2.45) is 0 Å². The molecule has 1 unspecified atom stereocenters. The van der Waals surface area contributed by atoms with E-state index in [4.69, 9.17) is 11.6 Å². The lowest BCUT2D eigenvalue weighted by Crippen LogP contribution is -2.14. The van der Waals surface area contributed by atoms with Crippen LogP contribution in [0.2, 0.25) is 0 Å². The van der Waals surface area contributed by atoms with Gasteiger partial charge in [-0.3, -0.25) is 4.79 Å². The van der Waals surface area contributed by atoms with E-state index in [1.807, 2.05) is 30.3 Å². The summed E-state index contributed by atoms with van der Waals surface area (Å²) in [6.45, 7) is 2.17. The Balaban J connectivity index is 2.37. The Kier molecular flexibility index (Phi) is 6.17. The Morgan fingerprint density at radius 2 is 1.88 bits per heavy atom. The number of benzene rings is 1. The normalized spacial score (nSPS) is 12.4. The monoisotopic (exact) mass is 238 g/mol. The summed E-state index contributed by atoms with van der Waals surface area (Å²) in [5.41, 5.74) is 0.720. The summed E-state index contributed by atoms with van der Waals surface area (Å²) in [4.78, 5) is 11.9. The van der Waals surface area contributed by atoms with Gasteiger partial charge in [-0.1, -0.05) is 62.9 Å². The standard InChI is InChI=1S/C14H19ClO/c1-2-3-4-8-11-13(15)14(16)12-9-6-5-7-10-12/h5-7,9-10,13H,2-4,8,11H2,1H3. The Hall–Kier alpha value is -0.820. The Morgan fingerprint density at radius 1 is 1.19 bits per heavy atom. The fraction of sp³-hybridized carbons (Fsp3) is 0.500. The maximum atomic E-state index is 11.9. The fourth-order valence-corrected chi connectivity index (χ4v) is 1.94. The van der Waals surface area contributed by atoms with Crippen LogP contribution in [0.15, 0.2) is 30.3 Å². The zero-order valence-corrected chi connectivity index (χ0v) is 10.5. The number of carbonyl (C=O) groups is 1. The second kappa shape index (κ2) is 7.45. The number of carbonyl (C=O) groups excluding carboxylic acids is 1. The summed E-state index contributed by atoms with van der Waals surface area (Å²) in [6.07, 6.45) is 5.43. The molecule has 1 nitrogen and oxygen atoms in total. The van der Waals surface area contributed by atoms with E-state index in [9.17, 15) is 4.79 Å². The number of unbranched alkanes of at least 4 members (excludes halogenated alkanes) is 3. The molecule has 1 rings (SSSR count). The van der Waals surface area contributed by atoms with E-state index in [-0.39, 0.29) is 11.2 Å². The summed E-state index contributed by atoms with van der Waals surface area (Å²) in [7, 11) is 0. The van der Waals surface area contributed by atoms with E-state index in [0.29, 0.717) is 0 Å². The maximum Gasteiger partial charge on any atom is 0.180 e. The largest absolute Gasteiger partial charge is 0.293 e. The van der Waals surface area contributed by atoms with Gasteiger partial charge < -0.3 is 0 Å². The van der Waals surface area contributed by atoms with E-state index >= 15 is 0 Å². The smallest absolute Gasteiger partial charge is 0.180 e. The van der Waals surface area contributed by atoms with E-state index in [0.717, 1.165) is 18.4 Å². The molecule has 0 amide bonds. The molecule has 0 aromatic heterocycles. The molecule has 2 heteroatoms. The van der Waals surface area contributed by atoms with Gasteiger partial charge in [-0.25, -0.2) is 0 Å². The number of alkyl halides is 1. The van der Waals surface area contributed by atoms with Crippen LogP contribution < -0.4 is 0 Å². The minimum atomic E-state index is -0.362. The van der Waals surface area contributed by atoms with Crippen molar-refractivity contribution >= 4 is 17.4 Å². The number of ketones is 1. The van der Waals surface area contributed by atoms with Crippen LogP contribution in [-0.2, 0) is 0 Å². The van der Waals surface area contributed by atoms with E-state index < -0.39 is 0 Å². The highest BCUT2D eigenvalue weighted by atomic mass is 35.5.